The molecule has 1 fully saturated rings. The quantitative estimate of drug-likeness (QED) is 0.868. The molecule has 1 saturated heterocycles. The minimum atomic E-state index is 0.0921. The second kappa shape index (κ2) is 6.78. The largest absolute Gasteiger partial charge is 0.379 e. The molecule has 2 aromatic heterocycles. The number of rotatable bonds is 3. The van der Waals surface area contributed by atoms with Crippen molar-refractivity contribution in [2.45, 2.75) is 6.42 Å². The van der Waals surface area contributed by atoms with Crippen LogP contribution in [0, 0.1) is 5.92 Å². The van der Waals surface area contributed by atoms with Gasteiger partial charge in [-0.25, -0.2) is 9.97 Å². The molecule has 5 nitrogen and oxygen atoms in total. The summed E-state index contributed by atoms with van der Waals surface area (Å²) >= 11 is 1.54. The van der Waals surface area contributed by atoms with Crippen molar-refractivity contribution in [2.24, 2.45) is 5.92 Å². The van der Waals surface area contributed by atoms with Crippen LogP contribution in [-0.4, -0.2) is 47.1 Å². The number of carbonyl (C=O) groups excluding carboxylic acids is 1. The summed E-state index contributed by atoms with van der Waals surface area (Å²) in [5.41, 5.74) is 1.76. The molecular formula is C15H17N3O2S. The number of aromatic nitrogens is 2. The summed E-state index contributed by atoms with van der Waals surface area (Å²) < 4.78 is 5.64. The Hall–Kier alpha value is -1.79. The number of hydrogen-bond donors (Lipinski definition) is 0. The first-order valence-corrected chi connectivity index (χ1v) is 7.91. The van der Waals surface area contributed by atoms with Crippen molar-refractivity contribution in [3.8, 4) is 0 Å². The highest BCUT2D eigenvalue weighted by atomic mass is 32.1. The Morgan fingerprint density at radius 2 is 2.43 bits per heavy atom. The lowest BCUT2D eigenvalue weighted by atomic mass is 10.0. The van der Waals surface area contributed by atoms with Crippen molar-refractivity contribution in [1.29, 1.82) is 0 Å². The van der Waals surface area contributed by atoms with Gasteiger partial charge in [-0.2, -0.15) is 11.3 Å². The molecule has 0 spiro atoms. The number of ether oxygens (including phenoxy) is 1. The average Bonchev–Trinajstić information content (AvgIpc) is 2.95. The molecule has 1 amide bonds. The SMILES string of the molecule is O=C(c1ccsc1)N1CCOC[C@@H](Cc2ccncn2)C1. The Labute approximate surface area is 127 Å². The van der Waals surface area contributed by atoms with Gasteiger partial charge in [0, 0.05) is 36.3 Å². The lowest BCUT2D eigenvalue weighted by molar-refractivity contribution is 0.0738. The molecule has 1 aliphatic rings. The van der Waals surface area contributed by atoms with E-state index in [0.717, 1.165) is 17.7 Å². The number of nitrogens with zero attached hydrogens (tertiary/aromatic N) is 3. The van der Waals surface area contributed by atoms with Gasteiger partial charge in [-0.3, -0.25) is 4.79 Å². The minimum absolute atomic E-state index is 0.0921. The fourth-order valence-corrected chi connectivity index (χ4v) is 3.12. The van der Waals surface area contributed by atoms with Crippen molar-refractivity contribution in [3.63, 3.8) is 0 Å². The standard InChI is InChI=1S/C15H17N3O2S/c19-15(13-2-6-21-10-13)18-4-5-20-9-12(8-18)7-14-1-3-16-11-17-14/h1-3,6,10-12H,4-5,7-9H2/t12-/m0/s1. The molecule has 0 aliphatic carbocycles. The highest BCUT2D eigenvalue weighted by Gasteiger charge is 2.24. The average molecular weight is 303 g/mol. The number of thiophene rings is 1. The lowest BCUT2D eigenvalue weighted by Crippen LogP contribution is -2.36. The number of carbonyl (C=O) groups is 1. The lowest BCUT2D eigenvalue weighted by Gasteiger charge is -2.23. The van der Waals surface area contributed by atoms with Crippen molar-refractivity contribution >= 4 is 17.2 Å². The molecule has 0 N–H and O–H groups in total. The molecule has 0 saturated carbocycles. The van der Waals surface area contributed by atoms with Gasteiger partial charge in [0.25, 0.3) is 5.91 Å². The predicted octanol–water partition coefficient (Wildman–Crippen LogP) is 1.87. The highest BCUT2D eigenvalue weighted by molar-refractivity contribution is 7.08. The molecule has 0 bridgehead atoms. The first-order chi connectivity index (χ1) is 10.3. The molecule has 2 aromatic rings. The zero-order valence-electron chi connectivity index (χ0n) is 11.6. The van der Waals surface area contributed by atoms with Crippen molar-refractivity contribution in [3.05, 3.63) is 46.7 Å². The van der Waals surface area contributed by atoms with Gasteiger partial charge in [0.05, 0.1) is 18.8 Å². The zero-order chi connectivity index (χ0) is 14.5. The summed E-state index contributed by atoms with van der Waals surface area (Å²) in [6, 6.07) is 3.79. The van der Waals surface area contributed by atoms with E-state index in [-0.39, 0.29) is 11.8 Å². The van der Waals surface area contributed by atoms with Gasteiger partial charge in [0.2, 0.25) is 0 Å². The molecule has 110 valence electrons. The predicted molar refractivity (Wildman–Crippen MR) is 80.3 cm³/mol. The fourth-order valence-electron chi connectivity index (χ4n) is 2.49. The van der Waals surface area contributed by atoms with Crippen LogP contribution in [0.4, 0.5) is 0 Å². The van der Waals surface area contributed by atoms with Crippen LogP contribution in [0.25, 0.3) is 0 Å². The van der Waals surface area contributed by atoms with Gasteiger partial charge in [0.1, 0.15) is 6.33 Å². The second-order valence-electron chi connectivity index (χ2n) is 5.11. The van der Waals surface area contributed by atoms with Gasteiger partial charge in [-0.15, -0.1) is 0 Å². The summed E-state index contributed by atoms with van der Waals surface area (Å²) in [7, 11) is 0. The smallest absolute Gasteiger partial charge is 0.254 e. The molecule has 1 aliphatic heterocycles. The topological polar surface area (TPSA) is 55.3 Å². The monoisotopic (exact) mass is 303 g/mol. The summed E-state index contributed by atoms with van der Waals surface area (Å²) in [5.74, 6) is 0.361. The maximum atomic E-state index is 12.5. The first-order valence-electron chi connectivity index (χ1n) is 6.97. The van der Waals surface area contributed by atoms with E-state index in [1.165, 1.54) is 0 Å². The maximum absolute atomic E-state index is 12.5. The van der Waals surface area contributed by atoms with E-state index in [1.807, 2.05) is 27.8 Å². The summed E-state index contributed by atoms with van der Waals surface area (Å²) in [4.78, 5) is 22.5. The van der Waals surface area contributed by atoms with Crippen LogP contribution in [0.3, 0.4) is 0 Å². The van der Waals surface area contributed by atoms with E-state index >= 15 is 0 Å². The molecule has 21 heavy (non-hydrogen) atoms. The van der Waals surface area contributed by atoms with Crippen molar-refractivity contribution in [1.82, 2.24) is 14.9 Å². The Morgan fingerprint density at radius 3 is 3.19 bits per heavy atom. The molecule has 0 radical (unpaired) electrons. The molecule has 3 rings (SSSR count). The molecular weight excluding hydrogens is 286 g/mol. The Kier molecular flexibility index (Phi) is 4.57. The van der Waals surface area contributed by atoms with Crippen molar-refractivity contribution in [2.75, 3.05) is 26.3 Å². The van der Waals surface area contributed by atoms with E-state index in [4.69, 9.17) is 4.74 Å². The Bertz CT molecular complexity index is 574. The number of amides is 1. The minimum Gasteiger partial charge on any atom is -0.379 e. The van der Waals surface area contributed by atoms with Crippen LogP contribution in [0.1, 0.15) is 16.1 Å². The Morgan fingerprint density at radius 1 is 1.48 bits per heavy atom. The third-order valence-corrected chi connectivity index (χ3v) is 4.22. The second-order valence-corrected chi connectivity index (χ2v) is 5.89. The van der Waals surface area contributed by atoms with Gasteiger partial charge in [0.15, 0.2) is 0 Å². The van der Waals surface area contributed by atoms with Crippen molar-refractivity contribution < 1.29 is 9.53 Å². The van der Waals surface area contributed by atoms with E-state index < -0.39 is 0 Å². The van der Waals surface area contributed by atoms with E-state index in [0.29, 0.717) is 26.3 Å². The normalized spacial score (nSPS) is 19.2. The van der Waals surface area contributed by atoms with E-state index in [9.17, 15) is 4.79 Å². The highest BCUT2D eigenvalue weighted by Crippen LogP contribution is 2.16. The van der Waals surface area contributed by atoms with Crippen LogP contribution in [0.2, 0.25) is 0 Å². The van der Waals surface area contributed by atoms with E-state index in [1.54, 1.807) is 23.9 Å². The van der Waals surface area contributed by atoms with Crippen LogP contribution in [0.5, 0.6) is 0 Å². The molecule has 3 heterocycles. The van der Waals surface area contributed by atoms with E-state index in [2.05, 4.69) is 9.97 Å². The third kappa shape index (κ3) is 3.65. The molecule has 0 unspecified atom stereocenters. The maximum Gasteiger partial charge on any atom is 0.254 e. The molecule has 6 heteroatoms. The summed E-state index contributed by atoms with van der Waals surface area (Å²) in [6.45, 7) is 2.61. The van der Waals surface area contributed by atoms with Crippen LogP contribution in [0.15, 0.2) is 35.4 Å². The molecule has 1 atom stereocenters. The van der Waals surface area contributed by atoms with Crippen LogP contribution < -0.4 is 0 Å². The third-order valence-electron chi connectivity index (χ3n) is 3.53. The summed E-state index contributed by atoms with van der Waals surface area (Å²) in [5, 5.41) is 3.83. The first kappa shape index (κ1) is 14.2. The van der Waals surface area contributed by atoms with Crippen LogP contribution in [-0.2, 0) is 11.2 Å². The zero-order valence-corrected chi connectivity index (χ0v) is 12.5. The number of hydrogen-bond acceptors (Lipinski definition) is 5. The van der Waals surface area contributed by atoms with Gasteiger partial charge in [-0.1, -0.05) is 0 Å². The van der Waals surface area contributed by atoms with Gasteiger partial charge in [-0.05, 0) is 23.9 Å². The summed E-state index contributed by atoms with van der Waals surface area (Å²) in [6.07, 6.45) is 4.10. The van der Waals surface area contributed by atoms with Gasteiger partial charge < -0.3 is 9.64 Å². The Balaban J connectivity index is 1.67. The van der Waals surface area contributed by atoms with Gasteiger partial charge >= 0.3 is 0 Å². The molecule has 0 aromatic carbocycles. The fraction of sp³-hybridized carbons (Fsp3) is 0.400. The van der Waals surface area contributed by atoms with Crippen LogP contribution >= 0.6 is 11.3 Å².